The summed E-state index contributed by atoms with van der Waals surface area (Å²) in [6.07, 6.45) is 1.40. The van der Waals surface area contributed by atoms with Crippen molar-refractivity contribution in [2.45, 2.75) is 33.2 Å². The number of nitrogens with one attached hydrogen (secondary N) is 1. The molecule has 0 bridgehead atoms. The van der Waals surface area contributed by atoms with E-state index in [-0.39, 0.29) is 5.91 Å². The zero-order chi connectivity index (χ0) is 21.4. The molecule has 1 heterocycles. The molecule has 2 aromatic rings. The molecule has 1 aliphatic rings. The zero-order valence-corrected chi connectivity index (χ0v) is 17.6. The van der Waals surface area contributed by atoms with E-state index in [2.05, 4.69) is 9.82 Å². The van der Waals surface area contributed by atoms with Gasteiger partial charge in [0.15, 0.2) is 0 Å². The summed E-state index contributed by atoms with van der Waals surface area (Å²) in [6.45, 7) is 5.37. The summed E-state index contributed by atoms with van der Waals surface area (Å²) in [5, 5.41) is 5.87. The molecule has 1 amide bonds. The first-order chi connectivity index (χ1) is 13.5. The number of halogens is 1. The molecule has 0 saturated carbocycles. The molecule has 0 fully saturated rings. The van der Waals surface area contributed by atoms with E-state index in [0.717, 1.165) is 6.26 Å². The highest BCUT2D eigenvalue weighted by Crippen LogP contribution is 2.37. The Morgan fingerprint density at radius 2 is 1.86 bits per heavy atom. The number of carbonyl (C=O) groups excluding carboxylic acids is 1. The average molecular weight is 418 g/mol. The van der Waals surface area contributed by atoms with Crippen LogP contribution in [0, 0.1) is 11.2 Å². The van der Waals surface area contributed by atoms with Crippen molar-refractivity contribution in [3.8, 4) is 0 Å². The van der Waals surface area contributed by atoms with Crippen molar-refractivity contribution in [1.82, 2.24) is 5.01 Å². The lowest BCUT2D eigenvalue weighted by Gasteiger charge is -2.28. The van der Waals surface area contributed by atoms with Crippen LogP contribution in [-0.2, 0) is 14.8 Å². The Balaban J connectivity index is 2.02. The van der Waals surface area contributed by atoms with Gasteiger partial charge in [-0.2, -0.15) is 5.10 Å². The molecule has 0 unspecified atom stereocenters. The van der Waals surface area contributed by atoms with Gasteiger partial charge in [0.1, 0.15) is 5.82 Å². The maximum atomic E-state index is 14.5. The van der Waals surface area contributed by atoms with Gasteiger partial charge in [-0.3, -0.25) is 9.52 Å². The van der Waals surface area contributed by atoms with Gasteiger partial charge in [-0.25, -0.2) is 17.8 Å². The quantitative estimate of drug-likeness (QED) is 0.819. The maximum Gasteiger partial charge on any atom is 0.248 e. The molecule has 0 spiro atoms. The lowest BCUT2D eigenvalue weighted by atomic mass is 9.92. The standard InChI is InChI=1S/C21H24FN3O3S/c1-21(2,3)20(26)25-19(16-10-5-6-11-17(16)22)13-18(23-25)14-8-7-9-15(12-14)24-29(4,27)28/h5-12,19,24H,13H2,1-4H3/t19-/m0/s1. The fourth-order valence-corrected chi connectivity index (χ4v) is 3.73. The number of hydrogen-bond acceptors (Lipinski definition) is 4. The molecule has 0 aliphatic carbocycles. The van der Waals surface area contributed by atoms with E-state index in [1.165, 1.54) is 11.1 Å². The van der Waals surface area contributed by atoms with Crippen molar-refractivity contribution in [3.63, 3.8) is 0 Å². The summed E-state index contributed by atoms with van der Waals surface area (Å²) in [7, 11) is -3.42. The first-order valence-electron chi connectivity index (χ1n) is 9.19. The van der Waals surface area contributed by atoms with E-state index in [1.54, 1.807) is 63.2 Å². The predicted octanol–water partition coefficient (Wildman–Crippen LogP) is 3.92. The molecule has 8 heteroatoms. The Morgan fingerprint density at radius 3 is 2.48 bits per heavy atom. The van der Waals surface area contributed by atoms with Crippen molar-refractivity contribution in [2.75, 3.05) is 11.0 Å². The van der Waals surface area contributed by atoms with Crippen LogP contribution in [-0.4, -0.2) is 31.3 Å². The molecule has 6 nitrogen and oxygen atoms in total. The number of rotatable bonds is 4. The second-order valence-corrected chi connectivity index (χ2v) is 9.89. The molecule has 29 heavy (non-hydrogen) atoms. The highest BCUT2D eigenvalue weighted by molar-refractivity contribution is 7.92. The monoisotopic (exact) mass is 417 g/mol. The summed E-state index contributed by atoms with van der Waals surface area (Å²) in [4.78, 5) is 13.0. The topological polar surface area (TPSA) is 78.8 Å². The third-order valence-corrected chi connectivity index (χ3v) is 5.13. The number of carbonyl (C=O) groups is 1. The van der Waals surface area contributed by atoms with E-state index in [9.17, 15) is 17.6 Å². The summed E-state index contributed by atoms with van der Waals surface area (Å²) in [5.41, 5.74) is 1.37. The highest BCUT2D eigenvalue weighted by atomic mass is 32.2. The zero-order valence-electron chi connectivity index (χ0n) is 16.8. The molecule has 0 aromatic heterocycles. The molecule has 1 atom stereocenters. The fraction of sp³-hybridized carbons (Fsp3) is 0.333. The minimum Gasteiger partial charge on any atom is -0.284 e. The normalized spacial score (nSPS) is 17.2. The molecular formula is C21H24FN3O3S. The van der Waals surface area contributed by atoms with E-state index in [4.69, 9.17) is 0 Å². The molecule has 0 saturated heterocycles. The summed E-state index contributed by atoms with van der Waals surface area (Å²) in [5.74, 6) is -0.612. The van der Waals surface area contributed by atoms with Gasteiger partial charge in [0.05, 0.1) is 18.0 Å². The van der Waals surface area contributed by atoms with Gasteiger partial charge < -0.3 is 0 Å². The fourth-order valence-electron chi connectivity index (χ4n) is 3.18. The Kier molecular flexibility index (Phi) is 5.49. The van der Waals surface area contributed by atoms with Crippen molar-refractivity contribution in [1.29, 1.82) is 0 Å². The number of benzene rings is 2. The Bertz CT molecular complexity index is 1070. The average Bonchev–Trinajstić information content (AvgIpc) is 3.04. The van der Waals surface area contributed by atoms with Crippen LogP contribution in [0.2, 0.25) is 0 Å². The van der Waals surface area contributed by atoms with Crippen LogP contribution in [0.4, 0.5) is 10.1 Å². The smallest absolute Gasteiger partial charge is 0.248 e. The molecule has 2 aromatic carbocycles. The number of anilines is 1. The van der Waals surface area contributed by atoms with Crippen molar-refractivity contribution < 1.29 is 17.6 Å². The second-order valence-electron chi connectivity index (χ2n) is 8.14. The summed E-state index contributed by atoms with van der Waals surface area (Å²) < 4.78 is 40.0. The van der Waals surface area contributed by atoms with Crippen molar-refractivity contribution >= 4 is 27.3 Å². The van der Waals surface area contributed by atoms with E-state index >= 15 is 0 Å². The Hall–Kier alpha value is -2.74. The van der Waals surface area contributed by atoms with Gasteiger partial charge in [-0.1, -0.05) is 51.1 Å². The maximum absolute atomic E-state index is 14.5. The lowest BCUT2D eigenvalue weighted by molar-refractivity contribution is -0.141. The van der Waals surface area contributed by atoms with E-state index < -0.39 is 27.3 Å². The van der Waals surface area contributed by atoms with Crippen LogP contribution in [0.3, 0.4) is 0 Å². The van der Waals surface area contributed by atoms with Crippen molar-refractivity contribution in [2.24, 2.45) is 10.5 Å². The first-order valence-corrected chi connectivity index (χ1v) is 11.1. The van der Waals surface area contributed by atoms with Crippen LogP contribution in [0.5, 0.6) is 0 Å². The molecule has 1 aliphatic heterocycles. The van der Waals surface area contributed by atoms with Gasteiger partial charge >= 0.3 is 0 Å². The number of sulfonamides is 1. The minimum atomic E-state index is -3.42. The second kappa shape index (κ2) is 7.59. The number of amides is 1. The summed E-state index contributed by atoms with van der Waals surface area (Å²) >= 11 is 0. The highest BCUT2D eigenvalue weighted by Gasteiger charge is 2.38. The van der Waals surface area contributed by atoms with Gasteiger partial charge in [0.2, 0.25) is 15.9 Å². The van der Waals surface area contributed by atoms with Crippen LogP contribution >= 0.6 is 0 Å². The number of hydrogen-bond donors (Lipinski definition) is 1. The lowest BCUT2D eigenvalue weighted by Crippen LogP contribution is -2.36. The molecule has 154 valence electrons. The van der Waals surface area contributed by atoms with Crippen LogP contribution in [0.1, 0.15) is 44.4 Å². The van der Waals surface area contributed by atoms with Crippen molar-refractivity contribution in [3.05, 3.63) is 65.5 Å². The molecular weight excluding hydrogens is 393 g/mol. The van der Waals surface area contributed by atoms with Gasteiger partial charge in [0.25, 0.3) is 0 Å². The van der Waals surface area contributed by atoms with E-state index in [0.29, 0.717) is 28.9 Å². The number of hydrazone groups is 1. The Morgan fingerprint density at radius 1 is 1.17 bits per heavy atom. The van der Waals surface area contributed by atoms with Crippen LogP contribution in [0.25, 0.3) is 0 Å². The predicted molar refractivity (Wildman–Crippen MR) is 112 cm³/mol. The van der Waals surface area contributed by atoms with Crippen LogP contribution in [0.15, 0.2) is 53.6 Å². The summed E-state index contributed by atoms with van der Waals surface area (Å²) in [6, 6.07) is 12.6. The Labute approximate surface area is 170 Å². The number of nitrogens with zero attached hydrogens (tertiary/aromatic N) is 2. The molecule has 3 rings (SSSR count). The van der Waals surface area contributed by atoms with Gasteiger partial charge in [-0.15, -0.1) is 0 Å². The minimum absolute atomic E-state index is 0.217. The first kappa shape index (κ1) is 21.0. The third kappa shape index (κ3) is 4.82. The van der Waals surface area contributed by atoms with E-state index in [1.807, 2.05) is 0 Å². The molecule has 1 N–H and O–H groups in total. The third-order valence-electron chi connectivity index (χ3n) is 4.52. The largest absolute Gasteiger partial charge is 0.284 e. The van der Waals surface area contributed by atoms with Gasteiger partial charge in [-0.05, 0) is 23.8 Å². The molecule has 0 radical (unpaired) electrons. The van der Waals surface area contributed by atoms with Crippen LogP contribution < -0.4 is 4.72 Å². The SMILES string of the molecule is CC(C)(C)C(=O)N1N=C(c2cccc(NS(C)(=O)=O)c2)C[C@H]1c1ccccc1F. The van der Waals surface area contributed by atoms with Gasteiger partial charge in [0, 0.05) is 23.1 Å².